The molecule has 4 nitrogen and oxygen atoms in total. The van der Waals surface area contributed by atoms with E-state index in [0.717, 1.165) is 32.2 Å². The van der Waals surface area contributed by atoms with Crippen LogP contribution in [0.3, 0.4) is 0 Å². The molecule has 2 saturated heterocycles. The van der Waals surface area contributed by atoms with Crippen LogP contribution < -0.4 is 5.32 Å². The molecule has 0 aromatic carbocycles. The van der Waals surface area contributed by atoms with Crippen molar-refractivity contribution < 1.29 is 9.53 Å². The average Bonchev–Trinajstić information content (AvgIpc) is 2.62. The highest BCUT2D eigenvalue weighted by molar-refractivity contribution is 5.70. The van der Waals surface area contributed by atoms with Crippen molar-refractivity contribution in [2.24, 2.45) is 0 Å². The third kappa shape index (κ3) is 3.30. The number of amides is 1. The molecule has 3 atom stereocenters. The molecule has 0 spiro atoms. The molecular formula is C15H26N2O2. The summed E-state index contributed by atoms with van der Waals surface area (Å²) in [4.78, 5) is 14.3. The van der Waals surface area contributed by atoms with E-state index in [1.54, 1.807) is 0 Å². The highest BCUT2D eigenvalue weighted by atomic mass is 16.6. The molecular weight excluding hydrogens is 240 g/mol. The van der Waals surface area contributed by atoms with Gasteiger partial charge in [-0.05, 0) is 46.5 Å². The van der Waals surface area contributed by atoms with Gasteiger partial charge in [-0.1, -0.05) is 6.08 Å². The first-order valence-electron chi connectivity index (χ1n) is 7.28. The molecule has 19 heavy (non-hydrogen) atoms. The number of hydrogen-bond donors (Lipinski definition) is 1. The predicted molar refractivity (Wildman–Crippen MR) is 76.1 cm³/mol. The summed E-state index contributed by atoms with van der Waals surface area (Å²) in [6.07, 6.45) is 5.99. The Kier molecular flexibility index (Phi) is 4.19. The van der Waals surface area contributed by atoms with Gasteiger partial charge in [0.15, 0.2) is 0 Å². The van der Waals surface area contributed by atoms with Gasteiger partial charge in [-0.15, -0.1) is 6.58 Å². The van der Waals surface area contributed by atoms with Gasteiger partial charge in [0.2, 0.25) is 0 Å². The molecule has 0 saturated carbocycles. The SMILES string of the molecule is C=CCC[C@@H]1NC[C@H]2CC[C@@H]1N2C(=O)OC(C)(C)C. The second-order valence-corrected chi connectivity index (χ2v) is 6.57. The van der Waals surface area contributed by atoms with Crippen LogP contribution in [0.1, 0.15) is 46.5 Å². The van der Waals surface area contributed by atoms with E-state index in [1.165, 1.54) is 0 Å². The molecule has 0 unspecified atom stereocenters. The first-order valence-corrected chi connectivity index (χ1v) is 7.28. The first-order chi connectivity index (χ1) is 8.92. The minimum Gasteiger partial charge on any atom is -0.444 e. The summed E-state index contributed by atoms with van der Waals surface area (Å²) in [5.41, 5.74) is -0.419. The lowest BCUT2D eigenvalue weighted by Crippen LogP contribution is -2.60. The second-order valence-electron chi connectivity index (χ2n) is 6.57. The van der Waals surface area contributed by atoms with Crippen molar-refractivity contribution >= 4 is 6.09 Å². The van der Waals surface area contributed by atoms with E-state index >= 15 is 0 Å². The molecule has 2 fully saturated rings. The van der Waals surface area contributed by atoms with Crippen LogP contribution in [0.2, 0.25) is 0 Å². The predicted octanol–water partition coefficient (Wildman–Crippen LogP) is 2.69. The van der Waals surface area contributed by atoms with Gasteiger partial charge in [0, 0.05) is 18.6 Å². The molecule has 1 amide bonds. The Labute approximate surface area is 116 Å². The number of nitrogens with one attached hydrogen (secondary N) is 1. The Morgan fingerprint density at radius 2 is 2.21 bits per heavy atom. The zero-order chi connectivity index (χ0) is 14.0. The van der Waals surface area contributed by atoms with Gasteiger partial charge in [-0.25, -0.2) is 4.79 Å². The van der Waals surface area contributed by atoms with Gasteiger partial charge < -0.3 is 10.1 Å². The molecule has 0 aliphatic carbocycles. The molecule has 2 aliphatic heterocycles. The van der Waals surface area contributed by atoms with E-state index in [1.807, 2.05) is 31.7 Å². The lowest BCUT2D eigenvalue weighted by molar-refractivity contribution is 0.00377. The van der Waals surface area contributed by atoms with Crippen molar-refractivity contribution in [2.75, 3.05) is 6.54 Å². The standard InChI is InChI=1S/C15H26N2O2/c1-5-6-7-12-13-9-8-11(10-16-12)17(13)14(18)19-15(2,3)4/h5,11-13,16H,1,6-10H2,2-4H3/t11-,12+,13+/m1/s1. The van der Waals surface area contributed by atoms with E-state index in [2.05, 4.69) is 11.9 Å². The van der Waals surface area contributed by atoms with Gasteiger partial charge in [0.05, 0.1) is 6.04 Å². The first kappa shape index (κ1) is 14.4. The van der Waals surface area contributed by atoms with Crippen molar-refractivity contribution in [1.29, 1.82) is 0 Å². The van der Waals surface area contributed by atoms with Crippen molar-refractivity contribution in [2.45, 2.75) is 70.2 Å². The monoisotopic (exact) mass is 266 g/mol. The van der Waals surface area contributed by atoms with Crippen LogP contribution in [-0.4, -0.2) is 41.3 Å². The molecule has 2 heterocycles. The molecule has 0 aromatic heterocycles. The number of carbonyl (C=O) groups is 1. The molecule has 108 valence electrons. The van der Waals surface area contributed by atoms with E-state index in [-0.39, 0.29) is 12.1 Å². The van der Waals surface area contributed by atoms with E-state index in [0.29, 0.717) is 12.1 Å². The number of allylic oxidation sites excluding steroid dienone is 1. The van der Waals surface area contributed by atoms with Gasteiger partial charge in [-0.3, -0.25) is 4.90 Å². The van der Waals surface area contributed by atoms with Crippen molar-refractivity contribution in [1.82, 2.24) is 10.2 Å². The minimum atomic E-state index is -0.419. The number of hydrogen-bond acceptors (Lipinski definition) is 3. The third-order valence-electron chi connectivity index (χ3n) is 3.91. The third-order valence-corrected chi connectivity index (χ3v) is 3.91. The zero-order valence-electron chi connectivity index (χ0n) is 12.3. The Morgan fingerprint density at radius 3 is 2.84 bits per heavy atom. The lowest BCUT2D eigenvalue weighted by Gasteiger charge is -2.41. The van der Waals surface area contributed by atoms with E-state index < -0.39 is 5.60 Å². The van der Waals surface area contributed by atoms with Gasteiger partial charge >= 0.3 is 6.09 Å². The maximum absolute atomic E-state index is 12.3. The Morgan fingerprint density at radius 1 is 1.47 bits per heavy atom. The summed E-state index contributed by atoms with van der Waals surface area (Å²) < 4.78 is 5.55. The van der Waals surface area contributed by atoms with Crippen LogP contribution >= 0.6 is 0 Å². The molecule has 4 heteroatoms. The van der Waals surface area contributed by atoms with Crippen LogP contribution in [0.4, 0.5) is 4.79 Å². The Balaban J connectivity index is 2.03. The normalized spacial score (nSPS) is 30.3. The fourth-order valence-corrected chi connectivity index (χ4v) is 3.12. The lowest BCUT2D eigenvalue weighted by atomic mass is 10.0. The number of nitrogens with zero attached hydrogens (tertiary/aromatic N) is 1. The number of rotatable bonds is 3. The van der Waals surface area contributed by atoms with E-state index in [9.17, 15) is 4.79 Å². The number of piperazine rings is 1. The summed E-state index contributed by atoms with van der Waals surface area (Å²) in [6, 6.07) is 0.970. The van der Waals surface area contributed by atoms with Gasteiger partial charge in [-0.2, -0.15) is 0 Å². The van der Waals surface area contributed by atoms with Gasteiger partial charge in [0.25, 0.3) is 0 Å². The molecule has 0 radical (unpaired) electrons. The smallest absolute Gasteiger partial charge is 0.410 e. The van der Waals surface area contributed by atoms with Gasteiger partial charge in [0.1, 0.15) is 5.60 Å². The molecule has 0 aromatic rings. The topological polar surface area (TPSA) is 41.6 Å². The highest BCUT2D eigenvalue weighted by Crippen LogP contribution is 2.32. The largest absolute Gasteiger partial charge is 0.444 e. The summed E-state index contributed by atoms with van der Waals surface area (Å²) in [5.74, 6) is 0. The van der Waals surface area contributed by atoms with Crippen molar-refractivity contribution in [3.63, 3.8) is 0 Å². The van der Waals surface area contributed by atoms with Crippen LogP contribution in [0, 0.1) is 0 Å². The summed E-state index contributed by atoms with van der Waals surface area (Å²) >= 11 is 0. The fourth-order valence-electron chi connectivity index (χ4n) is 3.12. The molecule has 1 N–H and O–H groups in total. The highest BCUT2D eigenvalue weighted by Gasteiger charge is 2.45. The zero-order valence-corrected chi connectivity index (χ0v) is 12.3. The second kappa shape index (κ2) is 5.53. The Bertz CT molecular complexity index is 349. The molecule has 2 aliphatic rings. The summed E-state index contributed by atoms with van der Waals surface area (Å²) in [5, 5.41) is 3.57. The molecule has 2 rings (SSSR count). The molecule has 2 bridgehead atoms. The van der Waals surface area contributed by atoms with Crippen LogP contribution in [0.25, 0.3) is 0 Å². The average molecular weight is 266 g/mol. The fraction of sp³-hybridized carbons (Fsp3) is 0.800. The van der Waals surface area contributed by atoms with Crippen molar-refractivity contribution in [3.8, 4) is 0 Å². The Hall–Kier alpha value is -1.03. The summed E-state index contributed by atoms with van der Waals surface area (Å²) in [7, 11) is 0. The van der Waals surface area contributed by atoms with E-state index in [4.69, 9.17) is 4.74 Å². The van der Waals surface area contributed by atoms with Crippen LogP contribution in [0.15, 0.2) is 12.7 Å². The number of carbonyl (C=O) groups excluding carboxylic acids is 1. The van der Waals surface area contributed by atoms with Crippen LogP contribution in [0.5, 0.6) is 0 Å². The number of fused-ring (bicyclic) bond motifs is 2. The maximum atomic E-state index is 12.3. The quantitative estimate of drug-likeness (QED) is 0.799. The maximum Gasteiger partial charge on any atom is 0.410 e. The minimum absolute atomic E-state index is 0.148. The number of ether oxygens (including phenoxy) is 1. The van der Waals surface area contributed by atoms with Crippen LogP contribution in [-0.2, 0) is 4.74 Å². The summed E-state index contributed by atoms with van der Waals surface area (Å²) in [6.45, 7) is 10.4. The van der Waals surface area contributed by atoms with Crippen molar-refractivity contribution in [3.05, 3.63) is 12.7 Å².